The Morgan fingerprint density at radius 1 is 0.500 bits per heavy atom. The smallest absolute Gasteiger partial charge is 0.173 e. The number of hydrogen-bond acceptors (Lipinski definition) is 27. The molecule has 2 aliphatic heterocycles. The van der Waals surface area contributed by atoms with Crippen LogP contribution in [0.25, 0.3) is 77.8 Å². The van der Waals surface area contributed by atoms with Gasteiger partial charge in [-0.2, -0.15) is 0 Å². The summed E-state index contributed by atoms with van der Waals surface area (Å²) in [6.07, 6.45) is 18.3. The van der Waals surface area contributed by atoms with Crippen molar-refractivity contribution in [1.82, 2.24) is 117 Å². The van der Waals surface area contributed by atoms with E-state index in [4.69, 9.17) is 32.8 Å². The lowest BCUT2D eigenvalue weighted by Crippen LogP contribution is -2.30. The minimum Gasteiger partial charge on any atom is -0.396 e. The first-order chi connectivity index (χ1) is 49.1. The number of nitrogens with two attached hydrogens (primary N) is 4. The van der Waals surface area contributed by atoms with E-state index in [9.17, 15) is 19.7 Å². The molecule has 1 saturated carbocycles. The van der Waals surface area contributed by atoms with Gasteiger partial charge >= 0.3 is 0 Å². The molecule has 7 atom stereocenters. The Hall–Kier alpha value is -12.0. The highest BCUT2D eigenvalue weighted by Gasteiger charge is 2.45. The minimum absolute atomic E-state index is 0.00141. The number of pyridine rings is 1. The van der Waals surface area contributed by atoms with E-state index >= 15 is 0 Å². The Morgan fingerprint density at radius 2 is 1.04 bits per heavy atom. The van der Waals surface area contributed by atoms with Crippen LogP contribution in [0.4, 0.5) is 27.7 Å². The summed E-state index contributed by atoms with van der Waals surface area (Å²) in [5, 5.41) is 39.0. The van der Waals surface area contributed by atoms with E-state index in [1.165, 1.54) is 75.6 Å². The second kappa shape index (κ2) is 31.4. The summed E-state index contributed by atoms with van der Waals surface area (Å²) in [6.45, 7) is 8.35. The van der Waals surface area contributed by atoms with Gasteiger partial charge in [-0.3, -0.25) is 9.56 Å². The maximum absolute atomic E-state index is 14.0. The van der Waals surface area contributed by atoms with Crippen LogP contribution in [0, 0.1) is 26.7 Å². The van der Waals surface area contributed by atoms with Gasteiger partial charge in [-0.15, -0.1) is 0 Å². The molecule has 1 aliphatic carbocycles. The maximum atomic E-state index is 14.0. The number of aryl methyl sites for hydroxylation is 8. The summed E-state index contributed by atoms with van der Waals surface area (Å²) in [5.41, 5.74) is 39.7. The number of fused-ring (bicyclic) bond motifs is 8. The number of imidazole rings is 6. The summed E-state index contributed by atoms with van der Waals surface area (Å²) in [7, 11) is 9.79. The summed E-state index contributed by atoms with van der Waals surface area (Å²) in [5.74, 6) is 1.44. The predicted octanol–water partition coefficient (Wildman–Crippen LogP) is 5.05. The summed E-state index contributed by atoms with van der Waals surface area (Å²) in [6, 6.07) is 16.8. The lowest BCUT2D eigenvalue weighted by Gasteiger charge is -2.14. The van der Waals surface area contributed by atoms with Crippen molar-refractivity contribution >= 4 is 107 Å². The van der Waals surface area contributed by atoms with Crippen molar-refractivity contribution in [3.05, 3.63) is 165 Å². The molecule has 2 fully saturated rings. The van der Waals surface area contributed by atoms with Crippen LogP contribution < -0.4 is 22.9 Å². The number of anilines is 4. The Bertz CT molecular complexity index is 5080. The molecule has 34 nitrogen and oxygen atoms in total. The monoisotopic (exact) mass is 1390 g/mol. The molecule has 528 valence electrons. The Morgan fingerprint density at radius 3 is 1.65 bits per heavy atom. The second-order valence-electron chi connectivity index (χ2n) is 24.2. The van der Waals surface area contributed by atoms with E-state index in [-0.39, 0.29) is 24.4 Å². The largest absolute Gasteiger partial charge is 0.396 e. The fraction of sp³-hybridized carbons (Fsp3) is 0.313. The average Bonchev–Trinajstić information content (AvgIpc) is 1.61. The topological polar surface area (TPSA) is 460 Å². The molecule has 2 aromatic carbocycles. The number of rotatable bonds is 4. The first kappa shape index (κ1) is 71.2. The van der Waals surface area contributed by atoms with Crippen molar-refractivity contribution < 1.29 is 29.6 Å². The number of aliphatic hydroxyl groups excluding tert-OH is 4. The van der Waals surface area contributed by atoms with Crippen LogP contribution in [0.2, 0.25) is 0 Å². The highest BCUT2D eigenvalue weighted by Crippen LogP contribution is 2.37. The van der Waals surface area contributed by atoms with Gasteiger partial charge in [0.2, 0.25) is 0 Å². The number of alkyl halides is 1. The van der Waals surface area contributed by atoms with Crippen molar-refractivity contribution in [2.75, 3.05) is 36.1 Å². The molecule has 0 spiro atoms. The SMILES string of the molecule is CC1=NCc2c(N)ncnc21.Cc1cccc2c1ccn2C.Cc1cccc2c1ncn2C.Cc1ccnc2c1ncn2C.Cn1cnc2c(N)ncnc21.Cn1cnc2cncnc21.Nc1ncnc2c1ncn2[C@@H]1C[C@H](CO)[C@H](O)C1.Nc1ncnc2c1ncn2[C@@H]1O[C@H](CO)[C@H](O)C1F. The zero-order valence-corrected chi connectivity index (χ0v) is 57.3. The van der Waals surface area contributed by atoms with Crippen molar-refractivity contribution in [3.8, 4) is 0 Å². The normalized spacial score (nSPS) is 17.9. The van der Waals surface area contributed by atoms with E-state index in [0.29, 0.717) is 64.7 Å². The summed E-state index contributed by atoms with van der Waals surface area (Å²) >= 11 is 0. The van der Waals surface area contributed by atoms with Gasteiger partial charge in [0, 0.05) is 82.7 Å². The maximum Gasteiger partial charge on any atom is 0.173 e. The zero-order valence-electron chi connectivity index (χ0n) is 57.3. The van der Waals surface area contributed by atoms with Crippen LogP contribution >= 0.6 is 0 Å². The first-order valence-corrected chi connectivity index (χ1v) is 32.0. The minimum atomic E-state index is -1.69. The van der Waals surface area contributed by atoms with E-state index in [0.717, 1.165) is 50.5 Å². The molecule has 15 aromatic rings. The molecular weight excluding hydrogens is 1310 g/mol. The van der Waals surface area contributed by atoms with Gasteiger partial charge in [0.25, 0.3) is 0 Å². The van der Waals surface area contributed by atoms with Gasteiger partial charge in [-0.25, -0.2) is 89.1 Å². The molecule has 102 heavy (non-hydrogen) atoms. The number of nitrogens with zero attached hydrogens (tertiary/aromatic N) is 25. The summed E-state index contributed by atoms with van der Waals surface area (Å²) in [4.78, 5) is 72.7. The number of aliphatic hydroxyl groups is 4. The first-order valence-electron chi connectivity index (χ1n) is 32.0. The molecule has 3 aliphatic rings. The van der Waals surface area contributed by atoms with Crippen LogP contribution in [0.3, 0.4) is 0 Å². The fourth-order valence-corrected chi connectivity index (χ4v) is 11.7. The number of halogens is 1. The van der Waals surface area contributed by atoms with Gasteiger partial charge in [0.15, 0.2) is 58.1 Å². The van der Waals surface area contributed by atoms with Gasteiger partial charge in [-0.05, 0) is 81.5 Å². The van der Waals surface area contributed by atoms with Crippen molar-refractivity contribution in [3.63, 3.8) is 0 Å². The van der Waals surface area contributed by atoms with Crippen LogP contribution in [0.5, 0.6) is 0 Å². The lowest BCUT2D eigenvalue weighted by atomic mass is 10.1. The van der Waals surface area contributed by atoms with E-state index in [2.05, 4.69) is 164 Å². The molecular formula is C67H78FN29O5. The van der Waals surface area contributed by atoms with Gasteiger partial charge < -0.3 is 75.5 Å². The summed E-state index contributed by atoms with van der Waals surface area (Å²) < 4.78 is 32.3. The average molecular weight is 1390 g/mol. The number of aliphatic imine (C=N–C) groups is 1. The van der Waals surface area contributed by atoms with Crippen molar-refractivity contribution in [2.45, 2.75) is 83.8 Å². The zero-order chi connectivity index (χ0) is 72.5. The third-order valence-corrected chi connectivity index (χ3v) is 17.4. The van der Waals surface area contributed by atoms with E-state index in [1.54, 1.807) is 42.3 Å². The molecule has 13 aromatic heterocycles. The third-order valence-electron chi connectivity index (χ3n) is 17.4. The van der Waals surface area contributed by atoms with Gasteiger partial charge in [0.05, 0.1) is 85.9 Å². The second-order valence-corrected chi connectivity index (χ2v) is 24.2. The fourth-order valence-electron chi connectivity index (χ4n) is 11.7. The standard InChI is InChI=1S/C11H15N5O2.C10H12FN5O3.C10H11N.C9H10N2.C8H9N3.C7H8N4.C6H7N5.C6H6N4/c12-10-9-11(14-4-13-10)16(5-15-9)7-1-6(3-17)8(18)2-7;11-5-7(18)4(1-17)19-10(5)16-3-15-6-8(12)13-2-14-9(6)16;1-8-4-3-5-10-9(8)6-7-11(10)2;1-7-4-3-5-8-9(7)10-6-11(8)2;1-6-3-4-9-8-7(6)10-5-11(8)2;1-4-6-5(2-9-4)7(8)11-3-10-6;1-11-3-10-4-5(7)8-2-9-6(4)11;1-10-4-9-5-2-7-3-8-6(5)10/h4-8,17-18H,1-3H2,(H2,12,13,14);2-5,7,10,17-18H,1H2,(H2,12,13,14);3-7H,1-2H3;3-6H,1-2H3;3-5H,1-2H3;3H,2H2,1H3,(H2,8,10,11);2-3H,1H3,(H2,7,8,9);2-4H,1H3/t6-,7-,8-;4-,5?,7+,10-;;;;;;/m11....../s1. The molecule has 0 bridgehead atoms. The third kappa shape index (κ3) is 15.2. The van der Waals surface area contributed by atoms with Crippen LogP contribution in [-0.4, -0.2) is 181 Å². The lowest BCUT2D eigenvalue weighted by molar-refractivity contribution is -0.0459. The Labute approximate surface area is 581 Å². The number of hydrogen-bond donors (Lipinski definition) is 8. The highest BCUT2D eigenvalue weighted by atomic mass is 19.1. The van der Waals surface area contributed by atoms with Crippen LogP contribution in [0.1, 0.15) is 60.0 Å². The van der Waals surface area contributed by atoms with Gasteiger partial charge in [0.1, 0.15) is 77.2 Å². The number of aromatic nitrogens is 24. The van der Waals surface area contributed by atoms with Gasteiger partial charge in [-0.1, -0.05) is 24.3 Å². The number of para-hydroxylation sites is 1. The molecule has 15 heterocycles. The number of nitrogen functional groups attached to an aromatic ring is 4. The number of ether oxygens (including phenoxy) is 1. The van der Waals surface area contributed by atoms with Crippen LogP contribution in [-0.2, 0) is 46.5 Å². The Balaban J connectivity index is 0.000000119. The molecule has 0 radical (unpaired) electrons. The molecule has 1 unspecified atom stereocenters. The van der Waals surface area contributed by atoms with E-state index < -0.39 is 37.3 Å². The highest BCUT2D eigenvalue weighted by molar-refractivity contribution is 6.01. The molecule has 35 heteroatoms. The number of benzene rings is 2. The van der Waals surface area contributed by atoms with Crippen molar-refractivity contribution in [1.29, 1.82) is 0 Å². The van der Waals surface area contributed by atoms with Crippen molar-refractivity contribution in [2.24, 2.45) is 46.1 Å². The molecule has 12 N–H and O–H groups in total. The van der Waals surface area contributed by atoms with E-state index in [1.807, 2.05) is 72.7 Å². The quantitative estimate of drug-likeness (QED) is 0.114. The van der Waals surface area contributed by atoms with Crippen LogP contribution in [0.15, 0.2) is 142 Å². The predicted molar refractivity (Wildman–Crippen MR) is 382 cm³/mol. The Kier molecular flexibility index (Phi) is 22.0. The molecule has 1 saturated heterocycles. The molecule has 0 amide bonds. The molecule has 18 rings (SSSR count).